The fourth-order valence-corrected chi connectivity index (χ4v) is 7.84. The molecule has 10 heteroatoms. The average Bonchev–Trinajstić information content (AvgIpc) is 2.98. The lowest BCUT2D eigenvalue weighted by atomic mass is 9.82. The summed E-state index contributed by atoms with van der Waals surface area (Å²) in [5, 5.41) is 9.76. The van der Waals surface area contributed by atoms with Crippen molar-refractivity contribution < 1.29 is 37.7 Å². The van der Waals surface area contributed by atoms with Crippen LogP contribution in [0.5, 0.6) is 5.75 Å². The molecule has 1 N–H and O–H groups in total. The summed E-state index contributed by atoms with van der Waals surface area (Å²) in [6, 6.07) is 7.83. The minimum atomic E-state index is -2.41. The standard InChI is InChI=1S/C37H68O8Si2/c1-25(23-38)22-26(2)31(44-46(14,15)36(5,6)7)27(3)32(43-24-29-18-20-30(40-11)21-19-29)28(4)33(41-12)34(35(39)42-13)45-47(16,17)37(8,9)10/h18-22,25,27-28,31-34,38H,23-24H2,1-17H3/b26-22+/t25-,27+,28+,31-,32-,33-,34+/m0/s1. The van der Waals surface area contributed by atoms with Gasteiger partial charge in [0.2, 0.25) is 0 Å². The Morgan fingerprint density at radius 2 is 1.30 bits per heavy atom. The highest BCUT2D eigenvalue weighted by atomic mass is 28.4. The van der Waals surface area contributed by atoms with Crippen molar-refractivity contribution in [2.45, 2.75) is 137 Å². The topological polar surface area (TPSA) is 92.7 Å². The van der Waals surface area contributed by atoms with Gasteiger partial charge < -0.3 is 32.9 Å². The Bertz CT molecular complexity index is 1120. The monoisotopic (exact) mass is 696 g/mol. The molecule has 0 amide bonds. The minimum Gasteiger partial charge on any atom is -0.497 e. The van der Waals surface area contributed by atoms with E-state index in [2.05, 4.69) is 94.6 Å². The number of aliphatic hydroxyl groups is 1. The number of methoxy groups -OCH3 is 3. The van der Waals surface area contributed by atoms with Crippen LogP contribution in [0.15, 0.2) is 35.9 Å². The van der Waals surface area contributed by atoms with Gasteiger partial charge in [-0.05, 0) is 72.4 Å². The molecule has 1 aromatic rings. The van der Waals surface area contributed by atoms with Gasteiger partial charge in [-0.3, -0.25) is 0 Å². The van der Waals surface area contributed by atoms with Gasteiger partial charge in [0.05, 0.1) is 39.1 Å². The van der Waals surface area contributed by atoms with Crippen LogP contribution in [-0.4, -0.2) is 80.1 Å². The van der Waals surface area contributed by atoms with Gasteiger partial charge in [-0.25, -0.2) is 4.79 Å². The summed E-state index contributed by atoms with van der Waals surface area (Å²) >= 11 is 0. The van der Waals surface area contributed by atoms with Gasteiger partial charge in [-0.2, -0.15) is 0 Å². The van der Waals surface area contributed by atoms with Crippen molar-refractivity contribution in [2.75, 3.05) is 27.9 Å². The molecule has 0 radical (unpaired) electrons. The third-order valence-electron chi connectivity index (χ3n) is 10.4. The Morgan fingerprint density at radius 1 is 0.809 bits per heavy atom. The molecule has 272 valence electrons. The van der Waals surface area contributed by atoms with Gasteiger partial charge in [0.1, 0.15) is 5.75 Å². The van der Waals surface area contributed by atoms with Crippen molar-refractivity contribution in [2.24, 2.45) is 17.8 Å². The zero-order valence-corrected chi connectivity index (χ0v) is 34.6. The number of aliphatic hydroxyl groups excluding tert-OH is 1. The van der Waals surface area contributed by atoms with E-state index in [0.717, 1.165) is 16.9 Å². The van der Waals surface area contributed by atoms with Gasteiger partial charge >= 0.3 is 5.97 Å². The third-order valence-corrected chi connectivity index (χ3v) is 19.3. The quantitative estimate of drug-likeness (QED) is 0.0930. The highest BCUT2D eigenvalue weighted by Crippen LogP contribution is 2.42. The second kappa shape index (κ2) is 17.9. The van der Waals surface area contributed by atoms with Crippen LogP contribution in [0.4, 0.5) is 0 Å². The first-order valence-electron chi connectivity index (χ1n) is 17.0. The van der Waals surface area contributed by atoms with Crippen LogP contribution in [0.2, 0.25) is 36.3 Å². The molecule has 0 bridgehead atoms. The van der Waals surface area contributed by atoms with E-state index in [4.69, 9.17) is 27.8 Å². The average molecular weight is 697 g/mol. The Morgan fingerprint density at radius 3 is 1.70 bits per heavy atom. The number of rotatable bonds is 18. The fraction of sp³-hybridized carbons (Fsp3) is 0.757. The highest BCUT2D eigenvalue weighted by Gasteiger charge is 2.48. The van der Waals surface area contributed by atoms with Crippen molar-refractivity contribution in [3.63, 3.8) is 0 Å². The van der Waals surface area contributed by atoms with Gasteiger partial charge in [-0.15, -0.1) is 0 Å². The number of hydrogen-bond donors (Lipinski definition) is 1. The van der Waals surface area contributed by atoms with Gasteiger partial charge in [-0.1, -0.05) is 80.5 Å². The molecule has 47 heavy (non-hydrogen) atoms. The van der Waals surface area contributed by atoms with Crippen LogP contribution in [0.1, 0.15) is 74.8 Å². The summed E-state index contributed by atoms with van der Waals surface area (Å²) in [4.78, 5) is 13.4. The van der Waals surface area contributed by atoms with E-state index in [1.807, 2.05) is 31.2 Å². The molecule has 0 heterocycles. The van der Waals surface area contributed by atoms with Crippen LogP contribution >= 0.6 is 0 Å². The molecule has 1 aromatic carbocycles. The van der Waals surface area contributed by atoms with Gasteiger partial charge in [0, 0.05) is 25.6 Å². The number of carbonyl (C=O) groups excluding carboxylic acids is 1. The lowest BCUT2D eigenvalue weighted by Crippen LogP contribution is -2.55. The zero-order valence-electron chi connectivity index (χ0n) is 32.6. The summed E-state index contributed by atoms with van der Waals surface area (Å²) in [5.41, 5.74) is 2.04. The molecule has 0 saturated carbocycles. The fourth-order valence-electron chi connectivity index (χ4n) is 5.23. The summed E-state index contributed by atoms with van der Waals surface area (Å²) in [5.74, 6) is -0.190. The smallest absolute Gasteiger partial charge is 0.336 e. The summed E-state index contributed by atoms with van der Waals surface area (Å²) in [6.07, 6.45) is -0.214. The summed E-state index contributed by atoms with van der Waals surface area (Å²) in [7, 11) is -0.0198. The lowest BCUT2D eigenvalue weighted by molar-refractivity contribution is -0.165. The van der Waals surface area contributed by atoms with Crippen LogP contribution in [-0.2, 0) is 34.5 Å². The largest absolute Gasteiger partial charge is 0.497 e. The molecule has 0 aliphatic rings. The molecule has 8 nitrogen and oxygen atoms in total. The predicted octanol–water partition coefficient (Wildman–Crippen LogP) is 8.40. The van der Waals surface area contributed by atoms with E-state index in [-0.39, 0.29) is 40.5 Å². The van der Waals surface area contributed by atoms with E-state index in [9.17, 15) is 9.90 Å². The summed E-state index contributed by atoms with van der Waals surface area (Å²) in [6.45, 7) is 30.6. The number of esters is 1. The van der Waals surface area contributed by atoms with E-state index >= 15 is 0 Å². The molecule has 0 unspecified atom stereocenters. The van der Waals surface area contributed by atoms with Crippen LogP contribution in [0.25, 0.3) is 0 Å². The number of carbonyl (C=O) groups is 1. The number of ether oxygens (including phenoxy) is 4. The van der Waals surface area contributed by atoms with Crippen molar-refractivity contribution >= 4 is 22.6 Å². The first-order chi connectivity index (χ1) is 21.5. The minimum absolute atomic E-state index is 0.0268. The van der Waals surface area contributed by atoms with Crippen molar-refractivity contribution in [1.29, 1.82) is 0 Å². The van der Waals surface area contributed by atoms with Gasteiger partial charge in [0.25, 0.3) is 0 Å². The Balaban J connectivity index is 3.81. The second-order valence-corrected chi connectivity index (χ2v) is 25.7. The summed E-state index contributed by atoms with van der Waals surface area (Å²) < 4.78 is 37.7. The molecule has 0 aliphatic carbocycles. The number of hydrogen-bond acceptors (Lipinski definition) is 8. The van der Waals surface area contributed by atoms with Crippen molar-refractivity contribution in [3.8, 4) is 5.75 Å². The lowest BCUT2D eigenvalue weighted by Gasteiger charge is -2.45. The molecule has 0 fully saturated rings. The molecule has 0 spiro atoms. The normalized spacial score (nSPS) is 18.1. The van der Waals surface area contributed by atoms with Crippen LogP contribution in [0.3, 0.4) is 0 Å². The first-order valence-corrected chi connectivity index (χ1v) is 22.8. The SMILES string of the molecule is COC(=O)[C@H](O[Si](C)(C)C(C)(C)C)[C@@H](OC)[C@H](C)[C@@H](OCc1ccc(OC)cc1)[C@H](C)[C@@H](O[Si](C)(C)C(C)(C)C)/C(C)=C/[C@H](C)CO. The maximum absolute atomic E-state index is 13.4. The predicted molar refractivity (Wildman–Crippen MR) is 197 cm³/mol. The number of benzene rings is 1. The molecular weight excluding hydrogens is 629 g/mol. The van der Waals surface area contributed by atoms with E-state index in [1.54, 1.807) is 14.2 Å². The molecule has 7 atom stereocenters. The zero-order chi connectivity index (χ0) is 36.5. The molecule has 0 aromatic heterocycles. The van der Waals surface area contributed by atoms with Crippen LogP contribution < -0.4 is 4.74 Å². The molecule has 1 rings (SSSR count). The van der Waals surface area contributed by atoms with E-state index in [0.29, 0.717) is 6.61 Å². The Kier molecular flexibility index (Phi) is 16.6. The maximum atomic E-state index is 13.4. The Labute approximate surface area is 289 Å². The molecular formula is C37H68O8Si2. The second-order valence-electron chi connectivity index (χ2n) is 16.2. The van der Waals surface area contributed by atoms with Crippen molar-refractivity contribution in [3.05, 3.63) is 41.5 Å². The van der Waals surface area contributed by atoms with Crippen molar-refractivity contribution in [1.82, 2.24) is 0 Å². The maximum Gasteiger partial charge on any atom is 0.336 e. The van der Waals surface area contributed by atoms with E-state index in [1.165, 1.54) is 7.11 Å². The Hall–Kier alpha value is -1.54. The highest BCUT2D eigenvalue weighted by molar-refractivity contribution is 6.74. The van der Waals surface area contributed by atoms with E-state index < -0.39 is 40.9 Å². The third kappa shape index (κ3) is 12.1. The van der Waals surface area contributed by atoms with Crippen LogP contribution in [0, 0.1) is 17.8 Å². The van der Waals surface area contributed by atoms with Gasteiger partial charge in [0.15, 0.2) is 22.7 Å². The molecule has 0 aliphatic heterocycles. The first kappa shape index (κ1) is 43.5. The molecule has 0 saturated heterocycles.